The number of carbonyl (C=O) groups is 1. The van der Waals surface area contributed by atoms with Crippen LogP contribution in [0.1, 0.15) is 12.0 Å². The third-order valence-corrected chi connectivity index (χ3v) is 4.37. The topological polar surface area (TPSA) is 54.0 Å². The van der Waals surface area contributed by atoms with Crippen LogP contribution in [-0.2, 0) is 16.1 Å². The Labute approximate surface area is 144 Å². The fraction of sp³-hybridized carbons (Fsp3) is 0.611. The van der Waals surface area contributed by atoms with E-state index in [1.165, 1.54) is 0 Å². The Morgan fingerprint density at radius 1 is 1.38 bits per heavy atom. The number of hydrogen-bond acceptors (Lipinski definition) is 5. The molecule has 0 saturated carbocycles. The Kier molecular flexibility index (Phi) is 7.02. The van der Waals surface area contributed by atoms with Crippen molar-refractivity contribution in [1.82, 2.24) is 15.1 Å². The second kappa shape index (κ2) is 9.01. The second-order valence-corrected chi connectivity index (χ2v) is 6.53. The summed E-state index contributed by atoms with van der Waals surface area (Å²) in [5.41, 5.74) is 0.994. The fourth-order valence-electron chi connectivity index (χ4n) is 2.86. The highest BCUT2D eigenvalue weighted by atomic mass is 16.5. The Bertz CT molecular complexity index is 536. The van der Waals surface area contributed by atoms with Crippen LogP contribution < -0.4 is 10.1 Å². The molecule has 1 saturated heterocycles. The zero-order valence-corrected chi connectivity index (χ0v) is 15.1. The smallest absolute Gasteiger partial charge is 0.237 e. The number of carbonyl (C=O) groups excluding carboxylic acids is 1. The van der Waals surface area contributed by atoms with E-state index < -0.39 is 0 Å². The van der Waals surface area contributed by atoms with Crippen molar-refractivity contribution in [2.24, 2.45) is 0 Å². The average Bonchev–Trinajstić information content (AvgIpc) is 2.94. The summed E-state index contributed by atoms with van der Waals surface area (Å²) in [6.45, 7) is 2.74. The number of rotatable bonds is 8. The lowest BCUT2D eigenvalue weighted by Gasteiger charge is -2.19. The predicted molar refractivity (Wildman–Crippen MR) is 94.2 cm³/mol. The number of likely N-dealkylation sites (N-methyl/N-ethyl adjacent to an activating group) is 2. The van der Waals surface area contributed by atoms with E-state index in [1.807, 2.05) is 50.3 Å². The van der Waals surface area contributed by atoms with E-state index in [0.29, 0.717) is 13.2 Å². The van der Waals surface area contributed by atoms with Crippen LogP contribution in [0.15, 0.2) is 24.3 Å². The van der Waals surface area contributed by atoms with Gasteiger partial charge in [-0.3, -0.25) is 9.69 Å². The molecule has 1 aromatic carbocycles. The van der Waals surface area contributed by atoms with Crippen LogP contribution in [0, 0.1) is 0 Å². The van der Waals surface area contributed by atoms with Gasteiger partial charge in [-0.25, -0.2) is 0 Å². The second-order valence-electron chi connectivity index (χ2n) is 6.53. The summed E-state index contributed by atoms with van der Waals surface area (Å²) >= 11 is 0. The van der Waals surface area contributed by atoms with E-state index in [1.54, 1.807) is 7.11 Å². The summed E-state index contributed by atoms with van der Waals surface area (Å²) in [5, 5.41) is 3.03. The molecule has 1 aromatic rings. The molecule has 0 bridgehead atoms. The lowest BCUT2D eigenvalue weighted by Crippen LogP contribution is -2.41. The Morgan fingerprint density at radius 2 is 2.12 bits per heavy atom. The van der Waals surface area contributed by atoms with Crippen molar-refractivity contribution in [3.63, 3.8) is 0 Å². The summed E-state index contributed by atoms with van der Waals surface area (Å²) in [6, 6.07) is 7.71. The molecule has 2 atom stereocenters. The van der Waals surface area contributed by atoms with Crippen LogP contribution in [0.25, 0.3) is 0 Å². The van der Waals surface area contributed by atoms with Gasteiger partial charge in [0.05, 0.1) is 12.1 Å². The van der Waals surface area contributed by atoms with E-state index in [2.05, 4.69) is 10.2 Å². The number of hydrogen-bond donors (Lipinski definition) is 1. The number of nitrogens with zero attached hydrogens (tertiary/aromatic N) is 2. The van der Waals surface area contributed by atoms with E-state index in [4.69, 9.17) is 9.47 Å². The highest BCUT2D eigenvalue weighted by molar-refractivity contribution is 5.82. The highest BCUT2D eigenvalue weighted by Crippen LogP contribution is 2.20. The molecule has 0 radical (unpaired) electrons. The van der Waals surface area contributed by atoms with Gasteiger partial charge in [-0.15, -0.1) is 0 Å². The summed E-state index contributed by atoms with van der Waals surface area (Å²) in [4.78, 5) is 16.6. The number of para-hydroxylation sites is 1. The molecule has 1 aliphatic rings. The van der Waals surface area contributed by atoms with Crippen molar-refractivity contribution in [1.29, 1.82) is 0 Å². The summed E-state index contributed by atoms with van der Waals surface area (Å²) in [6.07, 6.45) is 0.868. The molecule has 0 aliphatic carbocycles. The quantitative estimate of drug-likeness (QED) is 0.767. The first kappa shape index (κ1) is 18.7. The molecule has 0 aromatic heterocycles. The minimum atomic E-state index is -0.128. The van der Waals surface area contributed by atoms with Crippen molar-refractivity contribution in [2.45, 2.75) is 25.1 Å². The van der Waals surface area contributed by atoms with E-state index in [9.17, 15) is 4.79 Å². The van der Waals surface area contributed by atoms with Gasteiger partial charge >= 0.3 is 0 Å². The Hall–Kier alpha value is -1.63. The maximum atomic E-state index is 12.4. The Morgan fingerprint density at radius 3 is 2.79 bits per heavy atom. The van der Waals surface area contributed by atoms with Crippen LogP contribution in [0.3, 0.4) is 0 Å². The van der Waals surface area contributed by atoms with Gasteiger partial charge in [-0.05, 0) is 33.6 Å². The largest absolute Gasteiger partial charge is 0.492 e. The maximum absolute atomic E-state index is 12.4. The van der Waals surface area contributed by atoms with Gasteiger partial charge in [-0.2, -0.15) is 0 Å². The summed E-state index contributed by atoms with van der Waals surface area (Å²) < 4.78 is 11.2. The molecule has 2 rings (SSSR count). The van der Waals surface area contributed by atoms with Crippen LogP contribution in [0.5, 0.6) is 5.75 Å². The SMILES string of the molecule is CO[C@H]1C[C@@H](C(=O)NCc2ccccc2OCCN(C)C)N(C)C1. The number of nitrogens with one attached hydrogen (secondary N) is 1. The molecule has 134 valence electrons. The normalized spacial score (nSPS) is 21.2. The summed E-state index contributed by atoms with van der Waals surface area (Å²) in [7, 11) is 7.68. The van der Waals surface area contributed by atoms with Gasteiger partial charge < -0.3 is 19.7 Å². The van der Waals surface area contributed by atoms with Gasteiger partial charge in [0.1, 0.15) is 12.4 Å². The third-order valence-electron chi connectivity index (χ3n) is 4.37. The number of benzene rings is 1. The highest BCUT2D eigenvalue weighted by Gasteiger charge is 2.34. The number of likely N-dealkylation sites (tertiary alicyclic amines) is 1. The minimum absolute atomic E-state index is 0.0418. The Balaban J connectivity index is 1.88. The van der Waals surface area contributed by atoms with E-state index in [-0.39, 0.29) is 18.1 Å². The zero-order chi connectivity index (χ0) is 17.5. The van der Waals surface area contributed by atoms with Gasteiger partial charge in [0.25, 0.3) is 0 Å². The number of amides is 1. The van der Waals surface area contributed by atoms with Crippen molar-refractivity contribution in [3.05, 3.63) is 29.8 Å². The third kappa shape index (κ3) is 5.19. The van der Waals surface area contributed by atoms with Crippen molar-refractivity contribution in [2.75, 3.05) is 47.9 Å². The van der Waals surface area contributed by atoms with Gasteiger partial charge in [0.2, 0.25) is 5.91 Å². The fourth-order valence-corrected chi connectivity index (χ4v) is 2.86. The minimum Gasteiger partial charge on any atom is -0.492 e. The maximum Gasteiger partial charge on any atom is 0.237 e. The van der Waals surface area contributed by atoms with Gasteiger partial charge in [0.15, 0.2) is 0 Å². The predicted octanol–water partition coefficient (Wildman–Crippen LogP) is 0.962. The van der Waals surface area contributed by atoms with Crippen LogP contribution in [0.2, 0.25) is 0 Å². The summed E-state index contributed by atoms with van der Waals surface area (Å²) in [5.74, 6) is 0.870. The first-order chi connectivity index (χ1) is 11.5. The van der Waals surface area contributed by atoms with Crippen molar-refractivity contribution in [3.8, 4) is 5.75 Å². The molecule has 1 fully saturated rings. The molecular formula is C18H29N3O3. The molecule has 6 nitrogen and oxygen atoms in total. The average molecular weight is 335 g/mol. The van der Waals surface area contributed by atoms with E-state index >= 15 is 0 Å². The lowest BCUT2D eigenvalue weighted by atomic mass is 10.1. The molecule has 6 heteroatoms. The standard InChI is InChI=1S/C18H29N3O3/c1-20(2)9-10-24-17-8-6-5-7-14(17)12-19-18(22)16-11-15(23-4)13-21(16)3/h5-8,15-16H,9-13H2,1-4H3,(H,19,22)/t15-,16-/m0/s1. The molecule has 0 unspecified atom stereocenters. The first-order valence-electron chi connectivity index (χ1n) is 8.37. The molecule has 1 aliphatic heterocycles. The molecule has 1 amide bonds. The molecule has 1 heterocycles. The van der Waals surface area contributed by atoms with Crippen LogP contribution in [-0.4, -0.2) is 75.8 Å². The van der Waals surface area contributed by atoms with Crippen LogP contribution in [0.4, 0.5) is 0 Å². The molecular weight excluding hydrogens is 306 g/mol. The lowest BCUT2D eigenvalue weighted by molar-refractivity contribution is -0.125. The van der Waals surface area contributed by atoms with E-state index in [0.717, 1.165) is 30.8 Å². The molecule has 24 heavy (non-hydrogen) atoms. The van der Waals surface area contributed by atoms with Crippen LogP contribution >= 0.6 is 0 Å². The molecule has 0 spiro atoms. The number of ether oxygens (including phenoxy) is 2. The monoisotopic (exact) mass is 335 g/mol. The van der Waals surface area contributed by atoms with Crippen molar-refractivity contribution >= 4 is 5.91 Å². The first-order valence-corrected chi connectivity index (χ1v) is 8.37. The van der Waals surface area contributed by atoms with Gasteiger partial charge in [-0.1, -0.05) is 18.2 Å². The van der Waals surface area contributed by atoms with Crippen molar-refractivity contribution < 1.29 is 14.3 Å². The van der Waals surface area contributed by atoms with Gasteiger partial charge in [0, 0.05) is 32.3 Å². The molecule has 1 N–H and O–H groups in total. The number of methoxy groups -OCH3 is 1. The zero-order valence-electron chi connectivity index (χ0n) is 15.1.